The maximum Gasteiger partial charge on any atom is 0.490 e. The van der Waals surface area contributed by atoms with Crippen molar-refractivity contribution < 1.29 is 55.3 Å². The molecular formula is C18H11F7N6O5. The molecule has 2 aromatic heterocycles. The molecule has 0 saturated heterocycles. The van der Waals surface area contributed by atoms with Crippen LogP contribution in [-0.2, 0) is 11.0 Å². The van der Waals surface area contributed by atoms with Gasteiger partial charge in [0.25, 0.3) is 5.91 Å². The number of hydrogen-bond acceptors (Lipinski definition) is 8. The molecule has 11 nitrogen and oxygen atoms in total. The van der Waals surface area contributed by atoms with Crippen molar-refractivity contribution in [1.29, 1.82) is 0 Å². The predicted octanol–water partition coefficient (Wildman–Crippen LogP) is 3.57. The number of carbonyl (C=O) groups excluding carboxylic acids is 1. The summed E-state index contributed by atoms with van der Waals surface area (Å²) in [5.74, 6) is -5.67. The van der Waals surface area contributed by atoms with Crippen LogP contribution in [0.5, 0.6) is 0 Å². The zero-order valence-electron chi connectivity index (χ0n) is 17.1. The van der Waals surface area contributed by atoms with Gasteiger partial charge in [0.1, 0.15) is 5.82 Å². The van der Waals surface area contributed by atoms with Crippen molar-refractivity contribution in [2.45, 2.75) is 12.4 Å². The minimum atomic E-state index is -5.08. The minimum Gasteiger partial charge on any atom is -0.475 e. The molecule has 0 atom stereocenters. The van der Waals surface area contributed by atoms with Gasteiger partial charge in [-0.15, -0.1) is 0 Å². The number of nitrogens with one attached hydrogen (secondary N) is 2. The maximum atomic E-state index is 13.4. The number of aromatic nitrogens is 3. The van der Waals surface area contributed by atoms with Crippen LogP contribution in [0.3, 0.4) is 0 Å². The Hall–Kier alpha value is -4.61. The molecule has 3 rings (SSSR count). The smallest absolute Gasteiger partial charge is 0.475 e. The Morgan fingerprint density at radius 3 is 2.25 bits per heavy atom. The molecular weight excluding hydrogens is 513 g/mol. The van der Waals surface area contributed by atoms with Crippen molar-refractivity contribution in [3.63, 3.8) is 0 Å². The fourth-order valence-electron chi connectivity index (χ4n) is 2.16. The van der Waals surface area contributed by atoms with Crippen molar-refractivity contribution in [3.8, 4) is 0 Å². The monoisotopic (exact) mass is 524 g/mol. The van der Waals surface area contributed by atoms with E-state index in [9.17, 15) is 40.7 Å². The highest BCUT2D eigenvalue weighted by Gasteiger charge is 2.38. The average molecular weight is 524 g/mol. The first-order valence-corrected chi connectivity index (χ1v) is 8.94. The third-order valence-electron chi connectivity index (χ3n) is 3.71. The van der Waals surface area contributed by atoms with Crippen LogP contribution in [0.4, 0.5) is 42.2 Å². The van der Waals surface area contributed by atoms with E-state index in [0.29, 0.717) is 12.1 Å². The molecule has 0 radical (unpaired) electrons. The number of alkyl halides is 6. The summed E-state index contributed by atoms with van der Waals surface area (Å²) in [6.45, 7) is 0. The topological polar surface area (TPSA) is 163 Å². The Morgan fingerprint density at radius 2 is 1.72 bits per heavy atom. The van der Waals surface area contributed by atoms with Crippen molar-refractivity contribution >= 4 is 29.2 Å². The van der Waals surface area contributed by atoms with Crippen LogP contribution in [0.1, 0.15) is 21.6 Å². The Kier molecular flexibility index (Phi) is 8.60. The van der Waals surface area contributed by atoms with E-state index < -0.39 is 41.4 Å². The number of aliphatic carboxylic acids is 1. The van der Waals surface area contributed by atoms with E-state index in [2.05, 4.69) is 30.2 Å². The predicted molar refractivity (Wildman–Crippen MR) is 103 cm³/mol. The van der Waals surface area contributed by atoms with Gasteiger partial charge in [0.15, 0.2) is 11.5 Å². The second-order valence-corrected chi connectivity index (χ2v) is 6.19. The second kappa shape index (κ2) is 11.2. The summed E-state index contributed by atoms with van der Waals surface area (Å²) in [5, 5.41) is 25.7. The molecule has 1 aromatic carbocycles. The summed E-state index contributed by atoms with van der Waals surface area (Å²) in [7, 11) is 0. The highest BCUT2D eigenvalue weighted by Crippen LogP contribution is 2.33. The highest BCUT2D eigenvalue weighted by atomic mass is 19.4. The van der Waals surface area contributed by atoms with E-state index in [-0.39, 0.29) is 22.8 Å². The van der Waals surface area contributed by atoms with Crippen LogP contribution < -0.4 is 10.8 Å². The van der Waals surface area contributed by atoms with Gasteiger partial charge in [-0.2, -0.15) is 26.3 Å². The second-order valence-electron chi connectivity index (χ2n) is 6.19. The summed E-state index contributed by atoms with van der Waals surface area (Å²) in [5.41, 5.74) is -0.418. The fourth-order valence-corrected chi connectivity index (χ4v) is 2.16. The van der Waals surface area contributed by atoms with Gasteiger partial charge in [-0.1, -0.05) is 0 Å². The molecule has 3 aromatic rings. The van der Waals surface area contributed by atoms with E-state index >= 15 is 0 Å². The molecule has 0 aliphatic rings. The number of anilines is 1. The largest absolute Gasteiger partial charge is 0.490 e. The number of carbonyl (C=O) groups is 2. The number of nitrogens with zero attached hydrogens (tertiary/aromatic N) is 4. The molecule has 192 valence electrons. The Bertz CT molecular complexity index is 1250. The van der Waals surface area contributed by atoms with Crippen LogP contribution in [0.2, 0.25) is 0 Å². The molecule has 0 aliphatic carbocycles. The van der Waals surface area contributed by atoms with Crippen molar-refractivity contribution in [2.24, 2.45) is 4.99 Å². The van der Waals surface area contributed by atoms with Gasteiger partial charge in [0.2, 0.25) is 5.82 Å². The molecule has 0 bridgehead atoms. The summed E-state index contributed by atoms with van der Waals surface area (Å²) in [4.78, 5) is 28.6. The molecule has 0 fully saturated rings. The number of amidine groups is 1. The minimum absolute atomic E-state index is 0.172. The van der Waals surface area contributed by atoms with Gasteiger partial charge in [-0.3, -0.25) is 20.5 Å². The number of benzene rings is 1. The number of halogens is 7. The lowest BCUT2D eigenvalue weighted by atomic mass is 10.2. The van der Waals surface area contributed by atoms with Gasteiger partial charge in [0.05, 0.1) is 16.8 Å². The van der Waals surface area contributed by atoms with Gasteiger partial charge in [0, 0.05) is 12.4 Å². The zero-order chi connectivity index (χ0) is 27.1. The van der Waals surface area contributed by atoms with Crippen LogP contribution in [0.15, 0.2) is 52.3 Å². The van der Waals surface area contributed by atoms with E-state index in [1.54, 1.807) is 5.48 Å². The SMILES string of the molecule is O=C(Nc1nonc1C(=Nc1ccc(F)c(C(F)(F)F)c1)NO)c1cccnc1.O=C(O)C(F)(F)F. The summed E-state index contributed by atoms with van der Waals surface area (Å²) in [6, 6.07) is 4.94. The van der Waals surface area contributed by atoms with Crippen molar-refractivity contribution in [1.82, 2.24) is 20.8 Å². The highest BCUT2D eigenvalue weighted by molar-refractivity contribution is 6.08. The van der Waals surface area contributed by atoms with E-state index in [1.807, 2.05) is 0 Å². The van der Waals surface area contributed by atoms with Crippen LogP contribution in [0.25, 0.3) is 0 Å². The van der Waals surface area contributed by atoms with Gasteiger partial charge in [-0.05, 0) is 40.6 Å². The number of amides is 1. The van der Waals surface area contributed by atoms with E-state index in [0.717, 1.165) is 6.07 Å². The maximum absolute atomic E-state index is 13.4. The quantitative estimate of drug-likeness (QED) is 0.173. The molecule has 0 spiro atoms. The fraction of sp³-hybridized carbons (Fsp3) is 0.111. The molecule has 4 N–H and O–H groups in total. The number of aliphatic imine (C=N–C) groups is 1. The molecule has 2 heterocycles. The first-order valence-electron chi connectivity index (χ1n) is 8.94. The lowest BCUT2D eigenvalue weighted by Gasteiger charge is -2.09. The average Bonchev–Trinajstić information content (AvgIpc) is 3.26. The van der Waals surface area contributed by atoms with Crippen molar-refractivity contribution in [2.75, 3.05) is 5.32 Å². The lowest BCUT2D eigenvalue weighted by Crippen LogP contribution is -2.23. The normalized spacial score (nSPS) is 11.8. The zero-order valence-corrected chi connectivity index (χ0v) is 17.1. The molecule has 0 unspecified atom stereocenters. The number of carboxylic acid groups (broad SMARTS) is 1. The first-order chi connectivity index (χ1) is 16.7. The molecule has 1 amide bonds. The van der Waals surface area contributed by atoms with Crippen molar-refractivity contribution in [3.05, 3.63) is 65.4 Å². The lowest BCUT2D eigenvalue weighted by molar-refractivity contribution is -0.192. The van der Waals surface area contributed by atoms with Crippen LogP contribution in [-0.4, -0.2) is 49.5 Å². The van der Waals surface area contributed by atoms with Gasteiger partial charge < -0.3 is 10.4 Å². The van der Waals surface area contributed by atoms with Crippen LogP contribution in [0, 0.1) is 5.82 Å². The number of pyridine rings is 1. The molecule has 18 heteroatoms. The van der Waals surface area contributed by atoms with Gasteiger partial charge >= 0.3 is 18.3 Å². The first kappa shape index (κ1) is 27.6. The Balaban J connectivity index is 0.000000572. The summed E-state index contributed by atoms with van der Waals surface area (Å²) < 4.78 is 88.2. The molecule has 0 saturated carbocycles. The summed E-state index contributed by atoms with van der Waals surface area (Å²) >= 11 is 0. The van der Waals surface area contributed by atoms with E-state index in [1.165, 1.54) is 24.5 Å². The number of rotatable bonds is 4. The van der Waals surface area contributed by atoms with Crippen LogP contribution >= 0.6 is 0 Å². The third kappa shape index (κ3) is 7.45. The standard InChI is InChI=1S/C16H10F4N6O3.C2HF3O2/c17-11-4-3-9(6-10(11)16(18,19)20)22-13(24-28)12-14(26-29-25-12)23-15(27)8-2-1-5-21-7-8;3-2(4,5)1(6)7/h1-7,28H,(H,22,24)(H,23,26,27);(H,6,7). The summed E-state index contributed by atoms with van der Waals surface area (Å²) in [6.07, 6.45) is -7.29. The van der Waals surface area contributed by atoms with Gasteiger partial charge in [-0.25, -0.2) is 18.8 Å². The Morgan fingerprint density at radius 1 is 1.06 bits per heavy atom. The molecule has 0 aliphatic heterocycles. The van der Waals surface area contributed by atoms with E-state index in [4.69, 9.17) is 9.90 Å². The third-order valence-corrected chi connectivity index (χ3v) is 3.71. The number of hydrogen-bond donors (Lipinski definition) is 4. The number of carboxylic acids is 1. The molecule has 36 heavy (non-hydrogen) atoms. The number of hydroxylamine groups is 1. The Labute approximate surface area is 194 Å².